The number of nitrogens with one attached hydrogen (secondary N) is 2. The van der Waals surface area contributed by atoms with Crippen molar-refractivity contribution in [1.82, 2.24) is 0 Å². The van der Waals surface area contributed by atoms with Gasteiger partial charge in [0, 0.05) is 11.8 Å². The summed E-state index contributed by atoms with van der Waals surface area (Å²) in [6.45, 7) is 1.67. The smallest absolute Gasteiger partial charge is 0.273 e. The van der Waals surface area contributed by atoms with Crippen molar-refractivity contribution in [2.75, 3.05) is 24.9 Å². The fraction of sp³-hybridized carbons (Fsp3) is 0.235. The zero-order valence-corrected chi connectivity index (χ0v) is 15.2. The lowest BCUT2D eigenvalue weighted by molar-refractivity contribution is -0.384. The molecule has 0 saturated heterocycles. The van der Waals surface area contributed by atoms with Crippen molar-refractivity contribution < 1.29 is 19.2 Å². The van der Waals surface area contributed by atoms with Gasteiger partial charge in [-0.2, -0.15) is 0 Å². The molecule has 0 radical (unpaired) electrons. The Morgan fingerprint density at radius 3 is 2.42 bits per heavy atom. The first-order valence-corrected chi connectivity index (χ1v) is 7.97. The molecule has 2 aromatic rings. The number of anilines is 2. The Labute approximate surface area is 155 Å². The molecule has 2 rings (SSSR count). The van der Waals surface area contributed by atoms with Crippen LogP contribution in [0.15, 0.2) is 36.4 Å². The average Bonchev–Trinajstić information content (AvgIpc) is 2.61. The second kappa shape index (κ2) is 8.39. The number of rotatable bonds is 7. The molecule has 0 unspecified atom stereocenters. The number of amides is 1. The normalized spacial score (nSPS) is 11.4. The van der Waals surface area contributed by atoms with Crippen molar-refractivity contribution in [3.05, 3.63) is 51.5 Å². The van der Waals surface area contributed by atoms with Crippen LogP contribution in [0.5, 0.6) is 11.5 Å². The first-order valence-electron chi connectivity index (χ1n) is 7.59. The summed E-state index contributed by atoms with van der Waals surface area (Å²) in [5, 5.41) is 16.9. The number of nitro groups is 1. The van der Waals surface area contributed by atoms with Gasteiger partial charge in [-0.15, -0.1) is 0 Å². The standard InChI is InChI=1S/C17H18ClN3O5/c1-10(19-11-4-7-15(25-2)13(18)8-11)17(22)20-14-6-5-12(21(23)24)9-16(14)26-3/h4-10,19H,1-3H3,(H,20,22)/t10-/m1/s1. The number of ether oxygens (including phenoxy) is 2. The molecule has 0 aliphatic heterocycles. The summed E-state index contributed by atoms with van der Waals surface area (Å²) in [6, 6.07) is 8.44. The molecule has 9 heteroatoms. The second-order valence-electron chi connectivity index (χ2n) is 5.35. The molecule has 0 aromatic heterocycles. The van der Waals surface area contributed by atoms with Crippen LogP contribution < -0.4 is 20.1 Å². The molecule has 2 aromatic carbocycles. The van der Waals surface area contributed by atoms with Crippen LogP contribution in [0.3, 0.4) is 0 Å². The van der Waals surface area contributed by atoms with Gasteiger partial charge in [0.25, 0.3) is 5.69 Å². The minimum Gasteiger partial charge on any atom is -0.495 e. The summed E-state index contributed by atoms with van der Waals surface area (Å²) in [6.07, 6.45) is 0. The van der Waals surface area contributed by atoms with E-state index >= 15 is 0 Å². The molecule has 0 heterocycles. The molecule has 8 nitrogen and oxygen atoms in total. The van der Waals surface area contributed by atoms with Gasteiger partial charge in [0.05, 0.1) is 35.9 Å². The Bertz CT molecular complexity index is 828. The largest absolute Gasteiger partial charge is 0.495 e. The Kier molecular flexibility index (Phi) is 6.24. The monoisotopic (exact) mass is 379 g/mol. The molecule has 0 bridgehead atoms. The number of halogens is 1. The summed E-state index contributed by atoms with van der Waals surface area (Å²) >= 11 is 6.07. The number of methoxy groups -OCH3 is 2. The van der Waals surface area contributed by atoms with E-state index in [4.69, 9.17) is 21.1 Å². The Hall–Kier alpha value is -3.00. The number of hydrogen-bond donors (Lipinski definition) is 2. The van der Waals surface area contributed by atoms with Crippen LogP contribution in [0.1, 0.15) is 6.92 Å². The highest BCUT2D eigenvalue weighted by atomic mass is 35.5. The molecule has 138 valence electrons. The zero-order chi connectivity index (χ0) is 19.3. The van der Waals surface area contributed by atoms with Crippen LogP contribution in [0, 0.1) is 10.1 Å². The predicted octanol–water partition coefficient (Wildman–Crippen LogP) is 3.70. The van der Waals surface area contributed by atoms with Crippen LogP contribution in [-0.4, -0.2) is 31.1 Å². The topological polar surface area (TPSA) is 103 Å². The van der Waals surface area contributed by atoms with E-state index in [0.717, 1.165) is 0 Å². The lowest BCUT2D eigenvalue weighted by atomic mass is 10.2. The van der Waals surface area contributed by atoms with E-state index in [2.05, 4.69) is 10.6 Å². The maximum atomic E-state index is 12.4. The third kappa shape index (κ3) is 4.54. The van der Waals surface area contributed by atoms with Gasteiger partial charge in [0.2, 0.25) is 5.91 Å². The molecule has 0 saturated carbocycles. The molecule has 1 atom stereocenters. The number of carbonyl (C=O) groups is 1. The van der Waals surface area contributed by atoms with Gasteiger partial charge in [-0.05, 0) is 31.2 Å². The molecular weight excluding hydrogens is 362 g/mol. The van der Waals surface area contributed by atoms with Crippen LogP contribution in [0.2, 0.25) is 5.02 Å². The fourth-order valence-electron chi connectivity index (χ4n) is 2.21. The minimum atomic E-state index is -0.598. The molecule has 0 aliphatic carbocycles. The minimum absolute atomic E-state index is 0.126. The van der Waals surface area contributed by atoms with E-state index in [1.165, 1.54) is 32.4 Å². The number of nitro benzene ring substituents is 1. The number of carbonyl (C=O) groups excluding carboxylic acids is 1. The van der Waals surface area contributed by atoms with Crippen molar-refractivity contribution in [1.29, 1.82) is 0 Å². The van der Waals surface area contributed by atoms with Crippen molar-refractivity contribution in [3.63, 3.8) is 0 Å². The van der Waals surface area contributed by atoms with Crippen LogP contribution >= 0.6 is 11.6 Å². The highest BCUT2D eigenvalue weighted by molar-refractivity contribution is 6.32. The van der Waals surface area contributed by atoms with E-state index < -0.39 is 11.0 Å². The first kappa shape index (κ1) is 19.3. The molecule has 2 N–H and O–H groups in total. The zero-order valence-electron chi connectivity index (χ0n) is 14.4. The van der Waals surface area contributed by atoms with Crippen LogP contribution in [0.4, 0.5) is 17.1 Å². The van der Waals surface area contributed by atoms with Crippen LogP contribution in [-0.2, 0) is 4.79 Å². The van der Waals surface area contributed by atoms with Gasteiger partial charge in [-0.1, -0.05) is 11.6 Å². The number of benzene rings is 2. The van der Waals surface area contributed by atoms with Crippen molar-refractivity contribution in [2.45, 2.75) is 13.0 Å². The summed E-state index contributed by atoms with van der Waals surface area (Å²) in [7, 11) is 2.89. The summed E-state index contributed by atoms with van der Waals surface area (Å²) < 4.78 is 10.2. The maximum Gasteiger partial charge on any atom is 0.273 e. The second-order valence-corrected chi connectivity index (χ2v) is 5.75. The van der Waals surface area contributed by atoms with Gasteiger partial charge in [-0.3, -0.25) is 14.9 Å². The molecule has 1 amide bonds. The summed E-state index contributed by atoms with van der Waals surface area (Å²) in [4.78, 5) is 22.7. The SMILES string of the molecule is COc1ccc(N[C@H](C)C(=O)Nc2ccc([N+](=O)[O-])cc2OC)cc1Cl. The van der Waals surface area contributed by atoms with Gasteiger partial charge < -0.3 is 20.1 Å². The number of hydrogen-bond acceptors (Lipinski definition) is 6. The van der Waals surface area contributed by atoms with E-state index in [1.54, 1.807) is 25.1 Å². The van der Waals surface area contributed by atoms with Gasteiger partial charge in [-0.25, -0.2) is 0 Å². The third-order valence-electron chi connectivity index (χ3n) is 3.58. The van der Waals surface area contributed by atoms with Gasteiger partial charge in [0.15, 0.2) is 0 Å². The summed E-state index contributed by atoms with van der Waals surface area (Å²) in [5.41, 5.74) is 0.859. The van der Waals surface area contributed by atoms with Crippen molar-refractivity contribution in [2.24, 2.45) is 0 Å². The highest BCUT2D eigenvalue weighted by Gasteiger charge is 2.17. The third-order valence-corrected chi connectivity index (χ3v) is 3.88. The maximum absolute atomic E-state index is 12.4. The van der Waals surface area contributed by atoms with E-state index in [-0.39, 0.29) is 17.3 Å². The van der Waals surface area contributed by atoms with E-state index in [9.17, 15) is 14.9 Å². The highest BCUT2D eigenvalue weighted by Crippen LogP contribution is 2.30. The van der Waals surface area contributed by atoms with E-state index in [0.29, 0.717) is 22.1 Å². The quantitative estimate of drug-likeness (QED) is 0.561. The fourth-order valence-corrected chi connectivity index (χ4v) is 2.47. The molecule has 0 spiro atoms. The molecule has 26 heavy (non-hydrogen) atoms. The number of nitrogens with zero attached hydrogens (tertiary/aromatic N) is 1. The van der Waals surface area contributed by atoms with Gasteiger partial charge in [0.1, 0.15) is 17.5 Å². The Balaban J connectivity index is 2.09. The number of non-ortho nitro benzene ring substituents is 1. The lowest BCUT2D eigenvalue weighted by Crippen LogP contribution is -2.32. The Morgan fingerprint density at radius 1 is 1.15 bits per heavy atom. The van der Waals surface area contributed by atoms with Crippen molar-refractivity contribution in [3.8, 4) is 11.5 Å². The van der Waals surface area contributed by atoms with Gasteiger partial charge >= 0.3 is 0 Å². The van der Waals surface area contributed by atoms with E-state index in [1.807, 2.05) is 0 Å². The lowest BCUT2D eigenvalue weighted by Gasteiger charge is -2.17. The summed E-state index contributed by atoms with van der Waals surface area (Å²) in [5.74, 6) is 0.390. The molecular formula is C17H18ClN3O5. The molecule has 0 fully saturated rings. The Morgan fingerprint density at radius 2 is 1.85 bits per heavy atom. The predicted molar refractivity (Wildman–Crippen MR) is 99.4 cm³/mol. The van der Waals surface area contributed by atoms with Crippen molar-refractivity contribution >= 4 is 34.6 Å². The molecule has 0 aliphatic rings. The average molecular weight is 380 g/mol. The van der Waals surface area contributed by atoms with Crippen LogP contribution in [0.25, 0.3) is 0 Å². The first-order chi connectivity index (χ1) is 12.3.